The third kappa shape index (κ3) is 4.24. The Bertz CT molecular complexity index is 1500. The summed E-state index contributed by atoms with van der Waals surface area (Å²) < 4.78 is 2.18. The highest BCUT2D eigenvalue weighted by Crippen LogP contribution is 2.39. The van der Waals surface area contributed by atoms with Crippen LogP contribution in [0.1, 0.15) is 58.1 Å². The van der Waals surface area contributed by atoms with Crippen LogP contribution in [0.2, 0.25) is 0 Å². The van der Waals surface area contributed by atoms with Gasteiger partial charge in [0.1, 0.15) is 11.7 Å². The van der Waals surface area contributed by atoms with Crippen LogP contribution in [0.3, 0.4) is 0 Å². The lowest BCUT2D eigenvalue weighted by atomic mass is 9.87. The van der Waals surface area contributed by atoms with E-state index in [2.05, 4.69) is 40.2 Å². The van der Waals surface area contributed by atoms with Gasteiger partial charge < -0.3 is 9.88 Å². The molecule has 0 fully saturated rings. The van der Waals surface area contributed by atoms with Crippen LogP contribution in [0, 0.1) is 32.1 Å². The summed E-state index contributed by atoms with van der Waals surface area (Å²) in [5, 5.41) is 14.0. The number of fused-ring (bicyclic) bond motifs is 2. The smallest absolute Gasteiger partial charge is 0.248 e. The molecule has 2 aromatic carbocycles. The Hall–Kier alpha value is -4.17. The molecule has 4 aromatic rings. The second kappa shape index (κ2) is 9.23. The molecule has 174 valence electrons. The van der Waals surface area contributed by atoms with Crippen molar-refractivity contribution in [2.75, 3.05) is 5.32 Å². The zero-order valence-electron chi connectivity index (χ0n) is 20.3. The highest BCUT2D eigenvalue weighted by atomic mass is 16.1. The summed E-state index contributed by atoms with van der Waals surface area (Å²) >= 11 is 0. The van der Waals surface area contributed by atoms with Gasteiger partial charge in [0, 0.05) is 22.8 Å². The van der Waals surface area contributed by atoms with E-state index in [1.54, 1.807) is 6.08 Å². The quantitative estimate of drug-likeness (QED) is 0.358. The van der Waals surface area contributed by atoms with Gasteiger partial charge in [-0.1, -0.05) is 42.0 Å². The van der Waals surface area contributed by atoms with Gasteiger partial charge in [0.15, 0.2) is 0 Å². The maximum absolute atomic E-state index is 12.8. The number of nitrogens with zero attached hydrogens (tertiary/aromatic N) is 3. The van der Waals surface area contributed by atoms with Crippen molar-refractivity contribution in [3.05, 3.63) is 99.9 Å². The number of nitrogens with one attached hydrogen (secondary N) is 1. The topological polar surface area (TPSA) is 70.7 Å². The van der Waals surface area contributed by atoms with E-state index in [-0.39, 0.29) is 11.9 Å². The number of anilines is 1. The number of benzene rings is 2. The lowest BCUT2D eigenvalue weighted by Crippen LogP contribution is -2.19. The molecular weight excluding hydrogens is 432 g/mol. The van der Waals surface area contributed by atoms with Gasteiger partial charge in [-0.15, -0.1) is 0 Å². The van der Waals surface area contributed by atoms with E-state index in [0.717, 1.165) is 58.5 Å². The van der Waals surface area contributed by atoms with Crippen LogP contribution in [-0.2, 0) is 11.2 Å². The summed E-state index contributed by atoms with van der Waals surface area (Å²) in [5.41, 5.74) is 8.49. The zero-order chi connectivity index (χ0) is 24.5. The molecule has 2 aromatic heterocycles. The molecule has 0 aliphatic heterocycles. The van der Waals surface area contributed by atoms with Crippen LogP contribution in [0.25, 0.3) is 17.1 Å². The standard InChI is InChI=1S/C30H28N4O/c1-19-11-13-23(14-12-19)33-28(35)16-15-27-25(18-31)29-20(2)17-21(3)32-30(29)34(27)26-10-6-8-22-7-4-5-9-24(22)26/h4-5,7,9,11-17,26H,6,8,10H2,1-3H3,(H,33,35)/t26-/m0/s1. The van der Waals surface area contributed by atoms with Crippen molar-refractivity contribution in [1.82, 2.24) is 9.55 Å². The highest BCUT2D eigenvalue weighted by Gasteiger charge is 2.28. The number of carbonyl (C=O) groups excluding carboxylic acids is 1. The zero-order valence-corrected chi connectivity index (χ0v) is 20.3. The molecule has 1 N–H and O–H groups in total. The monoisotopic (exact) mass is 460 g/mol. The maximum Gasteiger partial charge on any atom is 0.248 e. The SMILES string of the molecule is Cc1ccc(NC(=O)C=Cc2c(C#N)c3c(C)cc(C)nc3n2[C@H]2CCCc3ccccc32)cc1. The number of pyridine rings is 1. The highest BCUT2D eigenvalue weighted by molar-refractivity contribution is 6.03. The molecule has 1 aliphatic carbocycles. The first-order valence-corrected chi connectivity index (χ1v) is 12.0. The average Bonchev–Trinajstić information content (AvgIpc) is 3.17. The average molecular weight is 461 g/mol. The Morgan fingerprint density at radius 1 is 1.14 bits per heavy atom. The molecular formula is C30H28N4O. The molecule has 0 saturated heterocycles. The lowest BCUT2D eigenvalue weighted by molar-refractivity contribution is -0.111. The molecule has 0 spiro atoms. The Kier molecular flexibility index (Phi) is 5.96. The molecule has 0 radical (unpaired) electrons. The molecule has 0 bridgehead atoms. The van der Waals surface area contributed by atoms with Crippen molar-refractivity contribution in [1.29, 1.82) is 5.26 Å². The van der Waals surface area contributed by atoms with Gasteiger partial charge in [-0.2, -0.15) is 5.26 Å². The summed E-state index contributed by atoms with van der Waals surface area (Å²) in [6.45, 7) is 6.01. The number of nitriles is 1. The van der Waals surface area contributed by atoms with Crippen molar-refractivity contribution >= 4 is 28.7 Å². The molecule has 0 saturated carbocycles. The summed E-state index contributed by atoms with van der Waals surface area (Å²) in [6, 6.07) is 20.7. The molecule has 5 heteroatoms. The van der Waals surface area contributed by atoms with E-state index in [9.17, 15) is 10.1 Å². The van der Waals surface area contributed by atoms with Crippen molar-refractivity contribution < 1.29 is 4.79 Å². The van der Waals surface area contributed by atoms with Crippen molar-refractivity contribution in [3.8, 4) is 6.07 Å². The van der Waals surface area contributed by atoms with Gasteiger partial charge in [0.2, 0.25) is 5.91 Å². The number of aromatic nitrogens is 2. The van der Waals surface area contributed by atoms with Crippen LogP contribution in [0.15, 0.2) is 60.7 Å². The predicted octanol–water partition coefficient (Wildman–Crippen LogP) is 6.41. The summed E-state index contributed by atoms with van der Waals surface area (Å²) in [4.78, 5) is 17.7. The summed E-state index contributed by atoms with van der Waals surface area (Å²) in [6.07, 6.45) is 6.35. The number of aryl methyl sites for hydroxylation is 4. The molecule has 1 amide bonds. The van der Waals surface area contributed by atoms with E-state index in [1.807, 2.05) is 51.1 Å². The molecule has 0 unspecified atom stereocenters. The van der Waals surface area contributed by atoms with Gasteiger partial charge in [-0.05, 0) is 81.0 Å². The van der Waals surface area contributed by atoms with E-state index in [0.29, 0.717) is 5.56 Å². The Morgan fingerprint density at radius 3 is 2.69 bits per heavy atom. The second-order valence-corrected chi connectivity index (χ2v) is 9.32. The van der Waals surface area contributed by atoms with Crippen LogP contribution in [0.4, 0.5) is 5.69 Å². The maximum atomic E-state index is 12.8. The molecule has 5 nitrogen and oxygen atoms in total. The molecule has 35 heavy (non-hydrogen) atoms. The number of hydrogen-bond acceptors (Lipinski definition) is 3. The van der Waals surface area contributed by atoms with Crippen molar-refractivity contribution in [2.24, 2.45) is 0 Å². The largest absolute Gasteiger partial charge is 0.323 e. The molecule has 5 rings (SSSR count). The van der Waals surface area contributed by atoms with Gasteiger partial charge in [0.05, 0.1) is 17.3 Å². The molecule has 1 aliphatic rings. The number of rotatable bonds is 4. The first kappa shape index (κ1) is 22.6. The number of hydrogen-bond donors (Lipinski definition) is 1. The fourth-order valence-electron chi connectivity index (χ4n) is 5.23. The lowest BCUT2D eigenvalue weighted by Gasteiger charge is -2.28. The van der Waals surface area contributed by atoms with E-state index in [4.69, 9.17) is 4.98 Å². The minimum Gasteiger partial charge on any atom is -0.323 e. The Morgan fingerprint density at radius 2 is 1.91 bits per heavy atom. The van der Waals surface area contributed by atoms with Crippen molar-refractivity contribution in [2.45, 2.75) is 46.1 Å². The molecule has 2 heterocycles. The van der Waals surface area contributed by atoms with Crippen molar-refractivity contribution in [3.63, 3.8) is 0 Å². The predicted molar refractivity (Wildman–Crippen MR) is 140 cm³/mol. The first-order chi connectivity index (χ1) is 17.0. The minimum absolute atomic E-state index is 0.0538. The Balaban J connectivity index is 1.65. The number of amides is 1. The fraction of sp³-hybridized carbons (Fsp3) is 0.233. The second-order valence-electron chi connectivity index (χ2n) is 9.32. The van der Waals surface area contributed by atoms with E-state index >= 15 is 0 Å². The van der Waals surface area contributed by atoms with Crippen LogP contribution in [-0.4, -0.2) is 15.5 Å². The van der Waals surface area contributed by atoms with Crippen LogP contribution >= 0.6 is 0 Å². The van der Waals surface area contributed by atoms with E-state index in [1.165, 1.54) is 17.2 Å². The fourth-order valence-corrected chi connectivity index (χ4v) is 5.23. The first-order valence-electron chi connectivity index (χ1n) is 12.0. The van der Waals surface area contributed by atoms with Gasteiger partial charge in [0.25, 0.3) is 0 Å². The van der Waals surface area contributed by atoms with Gasteiger partial charge in [-0.25, -0.2) is 4.98 Å². The normalized spacial score (nSPS) is 15.2. The number of carbonyl (C=O) groups is 1. The van der Waals surface area contributed by atoms with E-state index < -0.39 is 0 Å². The summed E-state index contributed by atoms with van der Waals surface area (Å²) in [5.74, 6) is -0.237. The third-order valence-corrected chi connectivity index (χ3v) is 6.79. The molecule has 1 atom stereocenters. The van der Waals surface area contributed by atoms with Gasteiger partial charge >= 0.3 is 0 Å². The third-order valence-electron chi connectivity index (χ3n) is 6.79. The minimum atomic E-state index is -0.237. The van der Waals surface area contributed by atoms with Crippen LogP contribution < -0.4 is 5.32 Å². The summed E-state index contributed by atoms with van der Waals surface area (Å²) in [7, 11) is 0. The van der Waals surface area contributed by atoms with Gasteiger partial charge in [-0.3, -0.25) is 4.79 Å². The Labute approximate surface area is 205 Å². The van der Waals surface area contributed by atoms with Crippen LogP contribution in [0.5, 0.6) is 0 Å².